The number of nitrogens with zero attached hydrogens (tertiary/aromatic N) is 3. The number of halogens is 1. The van der Waals surface area contributed by atoms with Crippen LogP contribution in [0.15, 0.2) is 36.7 Å². The fourth-order valence-electron chi connectivity index (χ4n) is 3.02. The van der Waals surface area contributed by atoms with Crippen LogP contribution in [-0.4, -0.2) is 47.4 Å². The van der Waals surface area contributed by atoms with E-state index < -0.39 is 0 Å². The van der Waals surface area contributed by atoms with Crippen LogP contribution in [0.3, 0.4) is 0 Å². The van der Waals surface area contributed by atoms with E-state index in [0.717, 1.165) is 16.7 Å². The van der Waals surface area contributed by atoms with Crippen LogP contribution in [0, 0.1) is 0 Å². The third-order valence-electron chi connectivity index (χ3n) is 4.40. The number of pyridine rings is 1. The van der Waals surface area contributed by atoms with Gasteiger partial charge in [-0.15, -0.1) is 0 Å². The van der Waals surface area contributed by atoms with Crippen LogP contribution < -0.4 is 5.32 Å². The molecule has 2 heterocycles. The largest absolute Gasteiger partial charge is 0.348 e. The summed E-state index contributed by atoms with van der Waals surface area (Å²) in [6.07, 6.45) is 3.97. The third-order valence-corrected chi connectivity index (χ3v) is 4.66. The fraction of sp³-hybridized carbons (Fsp3) is 0.316. The number of carbonyl (C=O) groups excluding carboxylic acids is 2. The molecule has 7 heteroatoms. The molecule has 0 fully saturated rings. The predicted octanol–water partition coefficient (Wildman–Crippen LogP) is 2.70. The minimum atomic E-state index is -0.156. The highest BCUT2D eigenvalue weighted by Gasteiger charge is 2.25. The number of hydrogen-bond donors (Lipinski definition) is 1. The van der Waals surface area contributed by atoms with Crippen molar-refractivity contribution in [3.63, 3.8) is 0 Å². The minimum Gasteiger partial charge on any atom is -0.348 e. The van der Waals surface area contributed by atoms with Crippen molar-refractivity contribution in [3.05, 3.63) is 63.9 Å². The van der Waals surface area contributed by atoms with Gasteiger partial charge in [-0.05, 0) is 35.2 Å². The van der Waals surface area contributed by atoms with Crippen molar-refractivity contribution in [2.24, 2.45) is 0 Å². The number of fused-ring (bicyclic) bond motifs is 1. The Morgan fingerprint density at radius 3 is 2.65 bits per heavy atom. The lowest BCUT2D eigenvalue weighted by Crippen LogP contribution is -2.42. The Bertz CT molecular complexity index is 821. The molecule has 1 aromatic heterocycles. The number of nitrogens with one attached hydrogen (secondary N) is 1. The molecule has 136 valence electrons. The van der Waals surface area contributed by atoms with E-state index in [1.807, 2.05) is 12.1 Å². The lowest BCUT2D eigenvalue weighted by Gasteiger charge is -2.31. The maximum absolute atomic E-state index is 12.6. The highest BCUT2D eigenvalue weighted by atomic mass is 35.5. The molecule has 3 rings (SSSR count). The van der Waals surface area contributed by atoms with Crippen molar-refractivity contribution in [2.45, 2.75) is 19.5 Å². The minimum absolute atomic E-state index is 0.0340. The topological polar surface area (TPSA) is 65.5 Å². The average Bonchev–Trinajstić information content (AvgIpc) is 2.65. The normalized spacial score (nSPS) is 13.1. The first-order valence-corrected chi connectivity index (χ1v) is 8.78. The van der Waals surface area contributed by atoms with Crippen LogP contribution in [0.4, 0.5) is 4.79 Å². The number of aromatic nitrogens is 1. The molecule has 0 radical (unpaired) electrons. The van der Waals surface area contributed by atoms with Crippen LogP contribution in [0.25, 0.3) is 0 Å². The summed E-state index contributed by atoms with van der Waals surface area (Å²) in [6, 6.07) is 7.32. The second kappa shape index (κ2) is 7.74. The molecule has 6 nitrogen and oxygen atoms in total. The van der Waals surface area contributed by atoms with Crippen molar-refractivity contribution in [3.8, 4) is 0 Å². The predicted molar refractivity (Wildman–Crippen MR) is 100 cm³/mol. The van der Waals surface area contributed by atoms with Gasteiger partial charge in [-0.25, -0.2) is 4.79 Å². The van der Waals surface area contributed by atoms with E-state index in [2.05, 4.69) is 10.3 Å². The van der Waals surface area contributed by atoms with Gasteiger partial charge in [0.1, 0.15) is 0 Å². The summed E-state index contributed by atoms with van der Waals surface area (Å²) in [4.78, 5) is 32.3. The number of benzene rings is 1. The van der Waals surface area contributed by atoms with E-state index in [-0.39, 0.29) is 11.9 Å². The van der Waals surface area contributed by atoms with E-state index in [1.54, 1.807) is 48.4 Å². The van der Waals surface area contributed by atoms with Gasteiger partial charge >= 0.3 is 6.03 Å². The molecule has 0 bridgehead atoms. The van der Waals surface area contributed by atoms with Gasteiger partial charge in [0, 0.05) is 51.1 Å². The zero-order valence-electron chi connectivity index (χ0n) is 14.8. The molecule has 1 N–H and O–H groups in total. The lowest BCUT2D eigenvalue weighted by molar-refractivity contribution is 0.0949. The summed E-state index contributed by atoms with van der Waals surface area (Å²) in [7, 11) is 3.47. The van der Waals surface area contributed by atoms with Gasteiger partial charge in [0.25, 0.3) is 5.91 Å². The van der Waals surface area contributed by atoms with Gasteiger partial charge in [0.2, 0.25) is 0 Å². The van der Waals surface area contributed by atoms with Crippen molar-refractivity contribution in [1.29, 1.82) is 0 Å². The number of hydrogen-bond acceptors (Lipinski definition) is 3. The van der Waals surface area contributed by atoms with Gasteiger partial charge in [-0.2, -0.15) is 0 Å². The van der Waals surface area contributed by atoms with Crippen molar-refractivity contribution < 1.29 is 9.59 Å². The molecule has 0 aliphatic carbocycles. The Balaban J connectivity index is 1.71. The zero-order valence-corrected chi connectivity index (χ0v) is 15.6. The Morgan fingerprint density at radius 2 is 1.96 bits per heavy atom. The maximum atomic E-state index is 12.6. The summed E-state index contributed by atoms with van der Waals surface area (Å²) in [6.45, 7) is 1.48. The molecule has 1 aliphatic heterocycles. The third kappa shape index (κ3) is 3.96. The van der Waals surface area contributed by atoms with Crippen LogP contribution in [-0.2, 0) is 19.5 Å². The molecule has 0 atom stereocenters. The van der Waals surface area contributed by atoms with Gasteiger partial charge in [0.05, 0.1) is 5.56 Å². The summed E-state index contributed by atoms with van der Waals surface area (Å²) in [5.41, 5.74) is 3.44. The number of amides is 3. The molecule has 0 saturated heterocycles. The number of urea groups is 1. The molecular formula is C19H21ClN4O2. The van der Waals surface area contributed by atoms with E-state index in [9.17, 15) is 9.59 Å². The van der Waals surface area contributed by atoms with Crippen LogP contribution in [0.1, 0.15) is 27.0 Å². The Kier molecular flexibility index (Phi) is 5.42. The average molecular weight is 373 g/mol. The summed E-state index contributed by atoms with van der Waals surface area (Å²) < 4.78 is 0. The van der Waals surface area contributed by atoms with Crippen molar-refractivity contribution in [1.82, 2.24) is 20.1 Å². The molecule has 2 aromatic rings. The molecule has 0 spiro atoms. The summed E-state index contributed by atoms with van der Waals surface area (Å²) in [5.74, 6) is -0.156. The highest BCUT2D eigenvalue weighted by Crippen LogP contribution is 2.22. The van der Waals surface area contributed by atoms with Gasteiger partial charge < -0.3 is 15.1 Å². The second-order valence-corrected chi connectivity index (χ2v) is 6.92. The Hall–Kier alpha value is -2.60. The molecular weight excluding hydrogens is 352 g/mol. The Labute approximate surface area is 157 Å². The molecule has 3 amide bonds. The standard InChI is InChI=1S/C19H21ClN4O2/c1-23(2)19(26)24-8-7-16-14(12-24)10-21-11-17(16)18(25)22-9-13-3-5-15(20)6-4-13/h3-6,10-11H,7-9,12H2,1-2H3,(H,22,25). The van der Waals surface area contributed by atoms with Gasteiger partial charge in [0.15, 0.2) is 0 Å². The highest BCUT2D eigenvalue weighted by molar-refractivity contribution is 6.30. The van der Waals surface area contributed by atoms with Crippen LogP contribution in [0.5, 0.6) is 0 Å². The molecule has 0 saturated carbocycles. The number of carbonyl (C=O) groups is 2. The molecule has 1 aromatic carbocycles. The quantitative estimate of drug-likeness (QED) is 0.900. The monoisotopic (exact) mass is 372 g/mol. The van der Waals surface area contributed by atoms with Crippen LogP contribution >= 0.6 is 11.6 Å². The molecule has 0 unspecified atom stereocenters. The van der Waals surface area contributed by atoms with Crippen molar-refractivity contribution in [2.75, 3.05) is 20.6 Å². The smallest absolute Gasteiger partial charge is 0.319 e. The van der Waals surface area contributed by atoms with E-state index in [0.29, 0.717) is 36.6 Å². The van der Waals surface area contributed by atoms with Crippen molar-refractivity contribution >= 4 is 23.5 Å². The van der Waals surface area contributed by atoms with E-state index in [1.165, 1.54) is 0 Å². The first kappa shape index (κ1) is 18.2. The van der Waals surface area contributed by atoms with E-state index >= 15 is 0 Å². The summed E-state index contributed by atoms with van der Waals surface area (Å²) in [5, 5.41) is 3.59. The van der Waals surface area contributed by atoms with E-state index in [4.69, 9.17) is 11.6 Å². The summed E-state index contributed by atoms with van der Waals surface area (Å²) >= 11 is 5.88. The van der Waals surface area contributed by atoms with Gasteiger partial charge in [-0.1, -0.05) is 23.7 Å². The first-order valence-electron chi connectivity index (χ1n) is 8.40. The SMILES string of the molecule is CN(C)C(=O)N1CCc2c(cncc2C(=O)NCc2ccc(Cl)cc2)C1. The fourth-order valence-corrected chi connectivity index (χ4v) is 3.14. The van der Waals surface area contributed by atoms with Crippen LogP contribution in [0.2, 0.25) is 5.02 Å². The number of rotatable bonds is 3. The Morgan fingerprint density at radius 1 is 1.23 bits per heavy atom. The lowest BCUT2D eigenvalue weighted by atomic mass is 9.97. The zero-order chi connectivity index (χ0) is 18.7. The maximum Gasteiger partial charge on any atom is 0.319 e. The molecule has 26 heavy (non-hydrogen) atoms. The van der Waals surface area contributed by atoms with Gasteiger partial charge in [-0.3, -0.25) is 9.78 Å². The second-order valence-electron chi connectivity index (χ2n) is 6.48. The first-order chi connectivity index (χ1) is 12.5. The molecule has 1 aliphatic rings.